The Bertz CT molecular complexity index is 386. The Morgan fingerprint density at radius 3 is 2.62 bits per heavy atom. The van der Waals surface area contributed by atoms with Crippen LogP contribution >= 0.6 is 11.6 Å². The summed E-state index contributed by atoms with van der Waals surface area (Å²) in [7, 11) is 1.66. The van der Waals surface area contributed by atoms with E-state index in [-0.39, 0.29) is 0 Å². The van der Waals surface area contributed by atoms with Crippen molar-refractivity contribution in [2.75, 3.05) is 13.7 Å². The first-order valence-corrected chi connectivity index (χ1v) is 5.72. The molecule has 0 aromatic heterocycles. The average molecular weight is 240 g/mol. The normalized spacial score (nSPS) is 11.4. The molecule has 0 aliphatic heterocycles. The van der Waals surface area contributed by atoms with E-state index in [9.17, 15) is 0 Å². The van der Waals surface area contributed by atoms with Crippen LogP contribution in [-0.4, -0.2) is 13.7 Å². The van der Waals surface area contributed by atoms with Gasteiger partial charge in [-0.05, 0) is 23.6 Å². The summed E-state index contributed by atoms with van der Waals surface area (Å²) < 4.78 is 5.36. The lowest BCUT2D eigenvalue weighted by atomic mass is 9.95. The second kappa shape index (κ2) is 5.92. The maximum absolute atomic E-state index is 6.04. The topological polar surface area (TPSA) is 35.2 Å². The largest absolute Gasteiger partial charge is 0.496 e. The molecule has 16 heavy (non-hydrogen) atoms. The van der Waals surface area contributed by atoms with Gasteiger partial charge in [0.2, 0.25) is 0 Å². The highest BCUT2D eigenvalue weighted by Gasteiger charge is 2.12. The van der Waals surface area contributed by atoms with E-state index in [4.69, 9.17) is 22.1 Å². The first kappa shape index (κ1) is 13.1. The summed E-state index contributed by atoms with van der Waals surface area (Å²) in [5, 5.41) is 0.679. The van der Waals surface area contributed by atoms with Gasteiger partial charge in [0, 0.05) is 17.1 Å². The zero-order chi connectivity index (χ0) is 12.1. The minimum absolute atomic E-state index is 0.379. The minimum atomic E-state index is 0.379. The maximum atomic E-state index is 6.04. The molecule has 0 amide bonds. The average Bonchev–Trinajstić information content (AvgIpc) is 2.24. The SMILES string of the molecule is COc1cc(Cl)cc(/C=C/CN)c1C(C)C. The van der Waals surface area contributed by atoms with E-state index in [1.54, 1.807) is 7.11 Å². The summed E-state index contributed by atoms with van der Waals surface area (Å²) in [6.45, 7) is 4.78. The van der Waals surface area contributed by atoms with Gasteiger partial charge in [-0.1, -0.05) is 37.6 Å². The lowest BCUT2D eigenvalue weighted by Crippen LogP contribution is -1.98. The first-order chi connectivity index (χ1) is 7.60. The van der Waals surface area contributed by atoms with E-state index in [0.29, 0.717) is 17.5 Å². The Labute approximate surface area is 102 Å². The number of hydrogen-bond acceptors (Lipinski definition) is 2. The van der Waals surface area contributed by atoms with Gasteiger partial charge in [0.15, 0.2) is 0 Å². The molecule has 0 spiro atoms. The number of rotatable bonds is 4. The molecule has 3 heteroatoms. The Hall–Kier alpha value is -0.990. The molecule has 2 N–H and O–H groups in total. The molecule has 0 heterocycles. The van der Waals surface area contributed by atoms with Crippen molar-refractivity contribution in [1.82, 2.24) is 0 Å². The van der Waals surface area contributed by atoms with Crippen molar-refractivity contribution < 1.29 is 4.74 Å². The van der Waals surface area contributed by atoms with Crippen LogP contribution in [0.4, 0.5) is 0 Å². The molecular weight excluding hydrogens is 222 g/mol. The van der Waals surface area contributed by atoms with Crippen molar-refractivity contribution in [3.05, 3.63) is 34.4 Å². The molecule has 0 unspecified atom stereocenters. The number of hydrogen-bond donors (Lipinski definition) is 1. The fourth-order valence-corrected chi connectivity index (χ4v) is 1.95. The minimum Gasteiger partial charge on any atom is -0.496 e. The van der Waals surface area contributed by atoms with Gasteiger partial charge in [-0.3, -0.25) is 0 Å². The maximum Gasteiger partial charge on any atom is 0.124 e. The van der Waals surface area contributed by atoms with E-state index in [0.717, 1.165) is 16.9 Å². The highest BCUT2D eigenvalue weighted by molar-refractivity contribution is 6.30. The van der Waals surface area contributed by atoms with Crippen molar-refractivity contribution in [3.63, 3.8) is 0 Å². The van der Waals surface area contributed by atoms with Gasteiger partial charge in [-0.2, -0.15) is 0 Å². The first-order valence-electron chi connectivity index (χ1n) is 5.34. The zero-order valence-electron chi connectivity index (χ0n) is 9.96. The van der Waals surface area contributed by atoms with E-state index in [1.807, 2.05) is 24.3 Å². The molecule has 88 valence electrons. The highest BCUT2D eigenvalue weighted by atomic mass is 35.5. The predicted molar refractivity (Wildman–Crippen MR) is 70.2 cm³/mol. The summed E-state index contributed by atoms with van der Waals surface area (Å²) in [6, 6.07) is 3.78. The molecule has 1 aromatic carbocycles. The summed E-state index contributed by atoms with van der Waals surface area (Å²) in [5.41, 5.74) is 7.70. The molecule has 0 saturated heterocycles. The number of benzene rings is 1. The fourth-order valence-electron chi connectivity index (χ4n) is 1.73. The predicted octanol–water partition coefficient (Wildman–Crippen LogP) is 3.44. The van der Waals surface area contributed by atoms with Crippen LogP contribution in [-0.2, 0) is 0 Å². The zero-order valence-corrected chi connectivity index (χ0v) is 10.7. The van der Waals surface area contributed by atoms with Gasteiger partial charge in [0.25, 0.3) is 0 Å². The quantitative estimate of drug-likeness (QED) is 0.874. The standard InChI is InChI=1S/C13H18ClNO/c1-9(2)13-10(5-4-6-15)7-11(14)8-12(13)16-3/h4-5,7-9H,6,15H2,1-3H3/b5-4+. The number of ether oxygens (including phenoxy) is 1. The fraction of sp³-hybridized carbons (Fsp3) is 0.385. The van der Waals surface area contributed by atoms with Crippen molar-refractivity contribution in [2.24, 2.45) is 5.73 Å². The van der Waals surface area contributed by atoms with Gasteiger partial charge in [0.1, 0.15) is 5.75 Å². The number of nitrogens with two attached hydrogens (primary N) is 1. The second-order valence-corrected chi connectivity index (χ2v) is 4.34. The van der Waals surface area contributed by atoms with Gasteiger partial charge < -0.3 is 10.5 Å². The monoisotopic (exact) mass is 239 g/mol. The molecule has 0 aliphatic carbocycles. The van der Waals surface area contributed by atoms with Gasteiger partial charge in [-0.15, -0.1) is 0 Å². The van der Waals surface area contributed by atoms with Crippen LogP contribution in [0.2, 0.25) is 5.02 Å². The third kappa shape index (κ3) is 3.00. The van der Waals surface area contributed by atoms with E-state index < -0.39 is 0 Å². The summed E-state index contributed by atoms with van der Waals surface area (Å²) in [5.74, 6) is 1.21. The summed E-state index contributed by atoms with van der Waals surface area (Å²) in [6.07, 6.45) is 3.90. The molecule has 0 saturated carbocycles. The molecule has 1 rings (SSSR count). The van der Waals surface area contributed by atoms with Crippen LogP contribution in [0.5, 0.6) is 5.75 Å². The van der Waals surface area contributed by atoms with Crippen LogP contribution < -0.4 is 10.5 Å². The van der Waals surface area contributed by atoms with Gasteiger partial charge in [-0.25, -0.2) is 0 Å². The Morgan fingerprint density at radius 2 is 2.12 bits per heavy atom. The van der Waals surface area contributed by atoms with E-state index >= 15 is 0 Å². The van der Waals surface area contributed by atoms with E-state index in [1.165, 1.54) is 0 Å². The molecule has 2 nitrogen and oxygen atoms in total. The third-order valence-electron chi connectivity index (χ3n) is 2.37. The van der Waals surface area contributed by atoms with Crippen LogP contribution in [0, 0.1) is 0 Å². The summed E-state index contributed by atoms with van der Waals surface area (Å²) in [4.78, 5) is 0. The molecule has 1 aromatic rings. The molecule has 0 radical (unpaired) electrons. The van der Waals surface area contributed by atoms with Crippen LogP contribution in [0.25, 0.3) is 6.08 Å². The smallest absolute Gasteiger partial charge is 0.124 e. The molecule has 0 aliphatic rings. The van der Waals surface area contributed by atoms with Gasteiger partial charge >= 0.3 is 0 Å². The van der Waals surface area contributed by atoms with Crippen LogP contribution in [0.15, 0.2) is 18.2 Å². The van der Waals surface area contributed by atoms with Crippen LogP contribution in [0.1, 0.15) is 30.9 Å². The van der Waals surface area contributed by atoms with Crippen molar-refractivity contribution in [2.45, 2.75) is 19.8 Å². The molecular formula is C13H18ClNO. The number of methoxy groups -OCH3 is 1. The second-order valence-electron chi connectivity index (χ2n) is 3.90. The van der Waals surface area contributed by atoms with Crippen molar-refractivity contribution >= 4 is 17.7 Å². The molecule has 0 fully saturated rings. The lowest BCUT2D eigenvalue weighted by molar-refractivity contribution is 0.407. The molecule has 0 atom stereocenters. The van der Waals surface area contributed by atoms with Gasteiger partial charge in [0.05, 0.1) is 7.11 Å². The Morgan fingerprint density at radius 1 is 1.44 bits per heavy atom. The van der Waals surface area contributed by atoms with Crippen molar-refractivity contribution in [1.29, 1.82) is 0 Å². The van der Waals surface area contributed by atoms with E-state index in [2.05, 4.69) is 13.8 Å². The Kier molecular flexibility index (Phi) is 4.84. The third-order valence-corrected chi connectivity index (χ3v) is 2.59. The summed E-state index contributed by atoms with van der Waals surface area (Å²) >= 11 is 6.04. The number of halogens is 1. The van der Waals surface area contributed by atoms with Crippen LogP contribution in [0.3, 0.4) is 0 Å². The lowest BCUT2D eigenvalue weighted by Gasteiger charge is -2.15. The Balaban J connectivity index is 3.32. The highest BCUT2D eigenvalue weighted by Crippen LogP contribution is 2.33. The molecule has 0 bridgehead atoms. The van der Waals surface area contributed by atoms with Crippen molar-refractivity contribution in [3.8, 4) is 5.75 Å².